The molecule has 0 saturated heterocycles. The van der Waals surface area contributed by atoms with E-state index in [1.54, 1.807) is 23.5 Å². The number of phenols is 1. The van der Waals surface area contributed by atoms with E-state index >= 15 is 0 Å². The van der Waals surface area contributed by atoms with Gasteiger partial charge in [0, 0.05) is 22.7 Å². The number of hydrogen-bond donors (Lipinski definition) is 2. The van der Waals surface area contributed by atoms with Gasteiger partial charge in [0.25, 0.3) is 0 Å². The molecule has 0 amide bonds. The Kier molecular flexibility index (Phi) is 4.33. The highest BCUT2D eigenvalue weighted by Crippen LogP contribution is 2.29. The number of nitrogens with one attached hydrogen (secondary N) is 1. The minimum atomic E-state index is 0.286. The highest BCUT2D eigenvalue weighted by atomic mass is 32.1. The van der Waals surface area contributed by atoms with Crippen molar-refractivity contribution >= 4 is 11.3 Å². The average molecular weight is 262 g/mol. The van der Waals surface area contributed by atoms with Crippen molar-refractivity contribution in [2.24, 2.45) is 0 Å². The zero-order valence-electron chi connectivity index (χ0n) is 10.7. The normalized spacial score (nSPS) is 12.6. The standard InChI is InChI=1S/C14H18N2OS/c1-3-8-15-10(2)13-9-16-14(18-13)11-4-6-12(17)7-5-11/h4-7,9-10,15,17H,3,8H2,1-2H3. The van der Waals surface area contributed by atoms with Crippen LogP contribution in [0.25, 0.3) is 10.6 Å². The first-order chi connectivity index (χ1) is 8.70. The van der Waals surface area contributed by atoms with Crippen molar-refractivity contribution in [3.8, 4) is 16.3 Å². The molecule has 18 heavy (non-hydrogen) atoms. The predicted molar refractivity (Wildman–Crippen MR) is 75.9 cm³/mol. The molecule has 0 aliphatic heterocycles. The van der Waals surface area contributed by atoms with Crippen LogP contribution in [-0.2, 0) is 0 Å². The molecule has 1 aromatic carbocycles. The van der Waals surface area contributed by atoms with Crippen LogP contribution in [0.15, 0.2) is 30.5 Å². The lowest BCUT2D eigenvalue weighted by atomic mass is 10.2. The Hall–Kier alpha value is -1.39. The quantitative estimate of drug-likeness (QED) is 0.865. The molecule has 2 rings (SSSR count). The van der Waals surface area contributed by atoms with Crippen molar-refractivity contribution < 1.29 is 5.11 Å². The number of rotatable bonds is 5. The van der Waals surface area contributed by atoms with Crippen LogP contribution in [0.3, 0.4) is 0 Å². The molecule has 1 aromatic heterocycles. The van der Waals surface area contributed by atoms with Crippen LogP contribution >= 0.6 is 11.3 Å². The molecule has 0 bridgehead atoms. The zero-order chi connectivity index (χ0) is 13.0. The molecule has 0 saturated carbocycles. The van der Waals surface area contributed by atoms with E-state index < -0.39 is 0 Å². The van der Waals surface area contributed by atoms with Crippen molar-refractivity contribution in [1.82, 2.24) is 10.3 Å². The molecular weight excluding hydrogens is 244 g/mol. The highest BCUT2D eigenvalue weighted by molar-refractivity contribution is 7.15. The van der Waals surface area contributed by atoms with Crippen molar-refractivity contribution in [3.05, 3.63) is 35.3 Å². The number of phenolic OH excluding ortho intramolecular Hbond substituents is 1. The molecule has 1 heterocycles. The van der Waals surface area contributed by atoms with E-state index in [0.717, 1.165) is 23.5 Å². The second-order valence-electron chi connectivity index (χ2n) is 4.29. The molecule has 1 unspecified atom stereocenters. The molecule has 96 valence electrons. The minimum absolute atomic E-state index is 0.286. The van der Waals surface area contributed by atoms with Crippen molar-refractivity contribution in [2.45, 2.75) is 26.3 Å². The van der Waals surface area contributed by atoms with Gasteiger partial charge in [0.2, 0.25) is 0 Å². The fourth-order valence-corrected chi connectivity index (χ4v) is 2.63. The van der Waals surface area contributed by atoms with E-state index in [4.69, 9.17) is 0 Å². The Labute approximate surface area is 112 Å². The number of aromatic hydroxyl groups is 1. The van der Waals surface area contributed by atoms with Crippen LogP contribution in [0.5, 0.6) is 5.75 Å². The van der Waals surface area contributed by atoms with Crippen LogP contribution in [0.1, 0.15) is 31.2 Å². The predicted octanol–water partition coefficient (Wildman–Crippen LogP) is 3.58. The summed E-state index contributed by atoms with van der Waals surface area (Å²) in [6.07, 6.45) is 3.06. The first-order valence-corrected chi connectivity index (χ1v) is 7.01. The maximum Gasteiger partial charge on any atom is 0.123 e. The van der Waals surface area contributed by atoms with Gasteiger partial charge in [0.15, 0.2) is 0 Å². The summed E-state index contributed by atoms with van der Waals surface area (Å²) in [5, 5.41) is 13.7. The third kappa shape index (κ3) is 3.09. The van der Waals surface area contributed by atoms with E-state index in [2.05, 4.69) is 24.1 Å². The summed E-state index contributed by atoms with van der Waals surface area (Å²) in [5.41, 5.74) is 1.05. The summed E-state index contributed by atoms with van der Waals surface area (Å²) >= 11 is 1.70. The lowest BCUT2D eigenvalue weighted by Gasteiger charge is -2.09. The van der Waals surface area contributed by atoms with Crippen molar-refractivity contribution in [2.75, 3.05) is 6.54 Å². The Bertz CT molecular complexity index is 493. The lowest BCUT2D eigenvalue weighted by Crippen LogP contribution is -2.18. The number of benzene rings is 1. The van der Waals surface area contributed by atoms with Gasteiger partial charge in [-0.25, -0.2) is 4.98 Å². The highest BCUT2D eigenvalue weighted by Gasteiger charge is 2.10. The molecule has 0 radical (unpaired) electrons. The van der Waals surface area contributed by atoms with Crippen LogP contribution in [0.2, 0.25) is 0 Å². The van der Waals surface area contributed by atoms with Gasteiger partial charge in [-0.2, -0.15) is 0 Å². The van der Waals surface area contributed by atoms with Crippen molar-refractivity contribution in [3.63, 3.8) is 0 Å². The van der Waals surface area contributed by atoms with E-state index in [9.17, 15) is 5.11 Å². The van der Waals surface area contributed by atoms with E-state index in [-0.39, 0.29) is 5.75 Å². The van der Waals surface area contributed by atoms with Crippen LogP contribution < -0.4 is 5.32 Å². The largest absolute Gasteiger partial charge is 0.508 e. The molecule has 0 aliphatic rings. The van der Waals surface area contributed by atoms with Gasteiger partial charge in [0.1, 0.15) is 10.8 Å². The number of hydrogen-bond acceptors (Lipinski definition) is 4. The van der Waals surface area contributed by atoms with Gasteiger partial charge in [-0.15, -0.1) is 11.3 Å². The first-order valence-electron chi connectivity index (χ1n) is 6.19. The maximum atomic E-state index is 9.27. The maximum absolute atomic E-state index is 9.27. The number of aromatic nitrogens is 1. The topological polar surface area (TPSA) is 45.2 Å². The SMILES string of the molecule is CCCNC(C)c1cnc(-c2ccc(O)cc2)s1. The fourth-order valence-electron chi connectivity index (χ4n) is 1.69. The fraction of sp³-hybridized carbons (Fsp3) is 0.357. The summed E-state index contributed by atoms with van der Waals surface area (Å²) in [6, 6.07) is 7.50. The molecule has 0 spiro atoms. The lowest BCUT2D eigenvalue weighted by molar-refractivity contribution is 0.475. The second-order valence-corrected chi connectivity index (χ2v) is 5.35. The second kappa shape index (κ2) is 5.98. The Balaban J connectivity index is 2.12. The molecule has 2 N–H and O–H groups in total. The monoisotopic (exact) mass is 262 g/mol. The summed E-state index contributed by atoms with van der Waals surface area (Å²) in [5.74, 6) is 0.286. The van der Waals surface area contributed by atoms with Gasteiger partial charge in [-0.1, -0.05) is 6.92 Å². The summed E-state index contributed by atoms with van der Waals surface area (Å²) in [6.45, 7) is 5.34. The molecule has 2 aromatic rings. The van der Waals surface area contributed by atoms with Gasteiger partial charge < -0.3 is 10.4 Å². The average Bonchev–Trinajstić information content (AvgIpc) is 2.86. The van der Waals surface area contributed by atoms with Crippen molar-refractivity contribution in [1.29, 1.82) is 0 Å². The third-order valence-electron chi connectivity index (χ3n) is 2.77. The molecule has 0 aliphatic carbocycles. The zero-order valence-corrected chi connectivity index (χ0v) is 11.5. The molecule has 0 fully saturated rings. The number of thiazole rings is 1. The Morgan fingerprint density at radius 1 is 1.33 bits per heavy atom. The van der Waals surface area contributed by atoms with Crippen LogP contribution in [0.4, 0.5) is 0 Å². The molecule has 4 heteroatoms. The minimum Gasteiger partial charge on any atom is -0.508 e. The van der Waals surface area contributed by atoms with Gasteiger partial charge >= 0.3 is 0 Å². The first kappa shape index (κ1) is 13.1. The molecular formula is C14H18N2OS. The summed E-state index contributed by atoms with van der Waals surface area (Å²) in [4.78, 5) is 5.68. The van der Waals surface area contributed by atoms with Gasteiger partial charge in [0.05, 0.1) is 0 Å². The van der Waals surface area contributed by atoms with Crippen LogP contribution in [-0.4, -0.2) is 16.6 Å². The van der Waals surface area contributed by atoms with E-state index in [0.29, 0.717) is 6.04 Å². The van der Waals surface area contributed by atoms with E-state index in [1.807, 2.05) is 18.3 Å². The smallest absolute Gasteiger partial charge is 0.123 e. The number of nitrogens with zero attached hydrogens (tertiary/aromatic N) is 1. The van der Waals surface area contributed by atoms with Gasteiger partial charge in [-0.3, -0.25) is 0 Å². The summed E-state index contributed by atoms with van der Waals surface area (Å²) < 4.78 is 0. The molecule has 3 nitrogen and oxygen atoms in total. The van der Waals surface area contributed by atoms with Gasteiger partial charge in [-0.05, 0) is 44.2 Å². The molecule has 1 atom stereocenters. The van der Waals surface area contributed by atoms with E-state index in [1.165, 1.54) is 4.88 Å². The summed E-state index contributed by atoms with van der Waals surface area (Å²) in [7, 11) is 0. The Morgan fingerprint density at radius 2 is 2.06 bits per heavy atom. The Morgan fingerprint density at radius 3 is 2.72 bits per heavy atom. The van der Waals surface area contributed by atoms with Crippen LogP contribution in [0, 0.1) is 0 Å². The third-order valence-corrected chi connectivity index (χ3v) is 3.99.